The van der Waals surface area contributed by atoms with Gasteiger partial charge in [-0.3, -0.25) is 14.7 Å². The first-order valence-electron chi connectivity index (χ1n) is 8.97. The number of aliphatic imine (C=N–C) groups is 1. The van der Waals surface area contributed by atoms with E-state index in [2.05, 4.69) is 9.89 Å². The van der Waals surface area contributed by atoms with Gasteiger partial charge in [0.25, 0.3) is 0 Å². The molecule has 144 valence electrons. The van der Waals surface area contributed by atoms with Gasteiger partial charge in [-0.2, -0.15) is 0 Å². The van der Waals surface area contributed by atoms with Crippen LogP contribution in [0.4, 0.5) is 0 Å². The molecule has 3 aliphatic rings. The largest absolute Gasteiger partial charge is 0.477 e. The Hall–Kier alpha value is -2.13. The van der Waals surface area contributed by atoms with Crippen LogP contribution in [0.25, 0.3) is 0 Å². The SMILES string of the molecule is C[C@@H](O)C1C(=O)N2C(C(=O)O)=C(CN3CC[C@H](CN=C(N)N)C3)[C@H](C)[C@H]12. The van der Waals surface area contributed by atoms with Crippen LogP contribution in [-0.4, -0.2) is 76.2 Å². The van der Waals surface area contributed by atoms with Crippen LogP contribution in [0.2, 0.25) is 0 Å². The van der Waals surface area contributed by atoms with Crippen molar-refractivity contribution in [2.24, 2.45) is 34.2 Å². The second-order valence-electron chi connectivity index (χ2n) is 7.59. The molecule has 0 aromatic heterocycles. The van der Waals surface area contributed by atoms with E-state index in [0.29, 0.717) is 19.0 Å². The molecule has 0 aliphatic carbocycles. The smallest absolute Gasteiger partial charge is 0.352 e. The Morgan fingerprint density at radius 3 is 2.69 bits per heavy atom. The fourth-order valence-electron chi connectivity index (χ4n) is 4.53. The summed E-state index contributed by atoms with van der Waals surface area (Å²) in [5.41, 5.74) is 11.6. The van der Waals surface area contributed by atoms with Gasteiger partial charge in [0.1, 0.15) is 5.70 Å². The summed E-state index contributed by atoms with van der Waals surface area (Å²) < 4.78 is 0. The number of carboxylic acid groups (broad SMARTS) is 1. The number of β-lactam (4-membered cyclic amide) rings is 1. The molecule has 0 aromatic carbocycles. The number of aliphatic hydroxyl groups is 1. The monoisotopic (exact) mass is 365 g/mol. The van der Waals surface area contributed by atoms with Gasteiger partial charge in [0.05, 0.1) is 18.1 Å². The van der Waals surface area contributed by atoms with Gasteiger partial charge in [0.15, 0.2) is 5.96 Å². The number of carboxylic acids is 1. The van der Waals surface area contributed by atoms with E-state index in [1.165, 1.54) is 4.90 Å². The summed E-state index contributed by atoms with van der Waals surface area (Å²) in [6.45, 7) is 6.23. The lowest BCUT2D eigenvalue weighted by molar-refractivity contribution is -0.163. The number of rotatable bonds is 6. The van der Waals surface area contributed by atoms with Crippen molar-refractivity contribution in [3.8, 4) is 0 Å². The third kappa shape index (κ3) is 3.05. The lowest BCUT2D eigenvalue weighted by Gasteiger charge is -2.46. The van der Waals surface area contributed by atoms with Gasteiger partial charge in [-0.05, 0) is 31.4 Å². The zero-order valence-electron chi connectivity index (χ0n) is 15.1. The molecule has 3 heterocycles. The average Bonchev–Trinajstić information content (AvgIpc) is 3.08. The number of guanidine groups is 1. The van der Waals surface area contributed by atoms with Crippen LogP contribution in [0.3, 0.4) is 0 Å². The summed E-state index contributed by atoms with van der Waals surface area (Å²) in [5, 5.41) is 19.5. The molecule has 2 fully saturated rings. The first kappa shape index (κ1) is 18.7. The lowest BCUT2D eigenvalue weighted by Crippen LogP contribution is -2.63. The number of carbonyl (C=O) groups is 2. The maximum Gasteiger partial charge on any atom is 0.352 e. The van der Waals surface area contributed by atoms with Crippen molar-refractivity contribution in [3.63, 3.8) is 0 Å². The highest BCUT2D eigenvalue weighted by atomic mass is 16.4. The predicted molar refractivity (Wildman–Crippen MR) is 94.9 cm³/mol. The molecule has 0 saturated carbocycles. The summed E-state index contributed by atoms with van der Waals surface area (Å²) in [5.74, 6) is -1.57. The summed E-state index contributed by atoms with van der Waals surface area (Å²) in [6, 6.07) is -0.261. The van der Waals surface area contributed by atoms with E-state index >= 15 is 0 Å². The van der Waals surface area contributed by atoms with Crippen molar-refractivity contribution in [1.29, 1.82) is 0 Å². The lowest BCUT2D eigenvalue weighted by atomic mass is 9.77. The van der Waals surface area contributed by atoms with E-state index in [1.807, 2.05) is 6.92 Å². The number of hydrogen-bond donors (Lipinski definition) is 4. The third-order valence-corrected chi connectivity index (χ3v) is 5.81. The molecule has 0 aromatic rings. The van der Waals surface area contributed by atoms with Crippen LogP contribution in [0.5, 0.6) is 0 Å². The van der Waals surface area contributed by atoms with Crippen molar-refractivity contribution >= 4 is 17.8 Å². The van der Waals surface area contributed by atoms with Gasteiger partial charge in [-0.1, -0.05) is 6.92 Å². The molecule has 1 unspecified atom stereocenters. The van der Waals surface area contributed by atoms with Gasteiger partial charge in [-0.15, -0.1) is 0 Å². The number of fused-ring (bicyclic) bond motifs is 1. The predicted octanol–water partition coefficient (Wildman–Crippen LogP) is -1.22. The van der Waals surface area contributed by atoms with E-state index in [4.69, 9.17) is 11.5 Å². The highest BCUT2D eigenvalue weighted by Gasteiger charge is 2.59. The Kier molecular flexibility index (Phi) is 4.94. The molecule has 0 spiro atoms. The Balaban J connectivity index is 1.74. The number of likely N-dealkylation sites (tertiary alicyclic amines) is 1. The summed E-state index contributed by atoms with van der Waals surface area (Å²) >= 11 is 0. The molecule has 26 heavy (non-hydrogen) atoms. The maximum atomic E-state index is 12.3. The minimum absolute atomic E-state index is 0.0794. The average molecular weight is 365 g/mol. The van der Waals surface area contributed by atoms with Crippen molar-refractivity contribution in [2.75, 3.05) is 26.2 Å². The quantitative estimate of drug-likeness (QED) is 0.262. The zero-order valence-corrected chi connectivity index (χ0v) is 15.1. The highest BCUT2D eigenvalue weighted by molar-refractivity contribution is 6.00. The van der Waals surface area contributed by atoms with E-state index in [9.17, 15) is 19.8 Å². The summed E-state index contributed by atoms with van der Waals surface area (Å²) in [6.07, 6.45) is 0.166. The van der Waals surface area contributed by atoms with E-state index in [-0.39, 0.29) is 29.5 Å². The zero-order chi connectivity index (χ0) is 19.2. The number of aliphatic hydroxyl groups excluding tert-OH is 1. The molecule has 3 rings (SSSR count). The number of aliphatic carboxylic acids is 1. The van der Waals surface area contributed by atoms with Crippen LogP contribution >= 0.6 is 0 Å². The van der Waals surface area contributed by atoms with Crippen LogP contribution in [0.1, 0.15) is 20.3 Å². The number of carbonyl (C=O) groups excluding carboxylic acids is 1. The minimum Gasteiger partial charge on any atom is -0.477 e. The van der Waals surface area contributed by atoms with E-state index < -0.39 is 18.0 Å². The summed E-state index contributed by atoms with van der Waals surface area (Å²) in [7, 11) is 0. The van der Waals surface area contributed by atoms with Gasteiger partial charge < -0.3 is 26.6 Å². The van der Waals surface area contributed by atoms with Crippen molar-refractivity contribution in [3.05, 3.63) is 11.3 Å². The molecule has 3 aliphatic heterocycles. The molecule has 2 saturated heterocycles. The van der Waals surface area contributed by atoms with Crippen molar-refractivity contribution in [1.82, 2.24) is 9.80 Å². The van der Waals surface area contributed by atoms with Gasteiger partial charge in [0, 0.05) is 25.6 Å². The molecule has 9 nitrogen and oxygen atoms in total. The number of amides is 1. The standard InChI is InChI=1S/C17H27N5O4/c1-8-11(7-21-4-3-10(6-21)5-20-17(18)19)14(16(25)26)22-13(8)12(9(2)23)15(22)24/h8-10,12-13,23H,3-7H2,1-2H3,(H,25,26)(H4,18,19,20)/t8-,9+,10+,12?,13+/m0/s1. The van der Waals surface area contributed by atoms with Gasteiger partial charge >= 0.3 is 5.97 Å². The number of nitrogens with zero attached hydrogens (tertiary/aromatic N) is 3. The van der Waals surface area contributed by atoms with Crippen LogP contribution in [-0.2, 0) is 9.59 Å². The summed E-state index contributed by atoms with van der Waals surface area (Å²) in [4.78, 5) is 31.8. The Morgan fingerprint density at radius 2 is 2.12 bits per heavy atom. The van der Waals surface area contributed by atoms with Crippen LogP contribution < -0.4 is 11.5 Å². The van der Waals surface area contributed by atoms with Crippen LogP contribution in [0, 0.1) is 17.8 Å². The maximum absolute atomic E-state index is 12.3. The normalized spacial score (nSPS) is 32.4. The third-order valence-electron chi connectivity index (χ3n) is 5.81. The first-order chi connectivity index (χ1) is 12.2. The molecular formula is C17H27N5O4. The molecule has 9 heteroatoms. The topological polar surface area (TPSA) is 145 Å². The number of hydrogen-bond acceptors (Lipinski definition) is 5. The van der Waals surface area contributed by atoms with Crippen molar-refractivity contribution in [2.45, 2.75) is 32.4 Å². The molecule has 5 atom stereocenters. The van der Waals surface area contributed by atoms with Crippen LogP contribution in [0.15, 0.2) is 16.3 Å². The Morgan fingerprint density at radius 1 is 1.42 bits per heavy atom. The second-order valence-corrected chi connectivity index (χ2v) is 7.59. The molecule has 1 amide bonds. The number of nitrogens with two attached hydrogens (primary N) is 2. The Bertz CT molecular complexity index is 670. The minimum atomic E-state index is -1.08. The molecule has 0 bridgehead atoms. The molecule has 6 N–H and O–H groups in total. The van der Waals surface area contributed by atoms with Gasteiger partial charge in [0.2, 0.25) is 5.91 Å². The highest BCUT2D eigenvalue weighted by Crippen LogP contribution is 2.47. The van der Waals surface area contributed by atoms with E-state index in [0.717, 1.165) is 25.1 Å². The Labute approximate surface area is 152 Å². The van der Waals surface area contributed by atoms with Gasteiger partial charge in [-0.25, -0.2) is 4.79 Å². The first-order valence-corrected chi connectivity index (χ1v) is 8.97. The fourth-order valence-corrected chi connectivity index (χ4v) is 4.53. The van der Waals surface area contributed by atoms with Crippen molar-refractivity contribution < 1.29 is 19.8 Å². The fraction of sp³-hybridized carbons (Fsp3) is 0.706. The molecule has 0 radical (unpaired) electrons. The second kappa shape index (κ2) is 6.88. The molecular weight excluding hydrogens is 338 g/mol. The van der Waals surface area contributed by atoms with E-state index in [1.54, 1.807) is 6.92 Å².